The lowest BCUT2D eigenvalue weighted by atomic mass is 10.0. The number of carboxylic acid groups (broad SMARTS) is 1. The van der Waals surface area contributed by atoms with Gasteiger partial charge in [-0.3, -0.25) is 4.79 Å². The summed E-state index contributed by atoms with van der Waals surface area (Å²) in [6.07, 6.45) is 0.926. The molecule has 0 aliphatic rings. The number of hydrogen-bond acceptors (Lipinski definition) is 2. The molecule has 1 rings (SSSR count). The number of rotatable bonds is 5. The molecule has 0 amide bonds. The molecule has 1 aromatic rings. The van der Waals surface area contributed by atoms with E-state index in [1.54, 1.807) is 0 Å². The molecule has 3 heteroatoms. The Bertz CT molecular complexity index is 336. The average molecular weight is 207 g/mol. The lowest BCUT2D eigenvalue weighted by molar-refractivity contribution is -0.139. The maximum atomic E-state index is 11.1. The maximum absolute atomic E-state index is 11.1. The van der Waals surface area contributed by atoms with Crippen molar-refractivity contribution in [3.05, 3.63) is 35.4 Å². The zero-order valence-electron chi connectivity index (χ0n) is 9.16. The third-order valence-electron chi connectivity index (χ3n) is 2.22. The highest BCUT2D eigenvalue weighted by molar-refractivity contribution is 5.75. The van der Waals surface area contributed by atoms with Gasteiger partial charge in [0.15, 0.2) is 0 Å². The van der Waals surface area contributed by atoms with Crippen molar-refractivity contribution in [2.45, 2.75) is 26.3 Å². The molecule has 0 aliphatic carbocycles. The molecule has 0 saturated carbocycles. The van der Waals surface area contributed by atoms with Gasteiger partial charge in [-0.1, -0.05) is 36.8 Å². The van der Waals surface area contributed by atoms with Gasteiger partial charge in [0.05, 0.1) is 0 Å². The van der Waals surface area contributed by atoms with E-state index in [0.717, 1.165) is 17.5 Å². The summed E-state index contributed by atoms with van der Waals surface area (Å²) in [7, 11) is 0. The van der Waals surface area contributed by atoms with Crippen LogP contribution in [0.1, 0.15) is 30.5 Å². The van der Waals surface area contributed by atoms with Crippen LogP contribution in [0.4, 0.5) is 0 Å². The zero-order valence-corrected chi connectivity index (χ0v) is 9.16. The Labute approximate surface area is 90.1 Å². The molecule has 0 heterocycles. The summed E-state index contributed by atoms with van der Waals surface area (Å²) >= 11 is 0. The van der Waals surface area contributed by atoms with Gasteiger partial charge in [-0.2, -0.15) is 0 Å². The lowest BCUT2D eigenvalue weighted by Crippen LogP contribution is -2.29. The molecule has 0 aromatic heterocycles. The average Bonchev–Trinajstić information content (AvgIpc) is 2.18. The second-order valence-electron chi connectivity index (χ2n) is 3.64. The summed E-state index contributed by atoms with van der Waals surface area (Å²) in [5.74, 6) is -0.825. The van der Waals surface area contributed by atoms with Gasteiger partial charge < -0.3 is 10.4 Å². The fourth-order valence-corrected chi connectivity index (χ4v) is 1.49. The number of carbonyl (C=O) groups is 1. The number of aryl methyl sites for hydroxylation is 1. The van der Waals surface area contributed by atoms with Crippen LogP contribution < -0.4 is 5.32 Å². The van der Waals surface area contributed by atoms with Crippen LogP contribution in [-0.2, 0) is 4.79 Å². The Hall–Kier alpha value is -1.35. The van der Waals surface area contributed by atoms with Crippen molar-refractivity contribution in [2.24, 2.45) is 0 Å². The largest absolute Gasteiger partial charge is 0.480 e. The first kappa shape index (κ1) is 11.7. The Balaban J connectivity index is 2.84. The van der Waals surface area contributed by atoms with Crippen LogP contribution in [0.5, 0.6) is 0 Å². The van der Waals surface area contributed by atoms with Gasteiger partial charge in [-0.05, 0) is 25.5 Å². The number of hydrogen-bond donors (Lipinski definition) is 2. The van der Waals surface area contributed by atoms with E-state index >= 15 is 0 Å². The SMILES string of the molecule is CCCNC(C(=O)O)c1cccc(C)c1. The molecule has 15 heavy (non-hydrogen) atoms. The van der Waals surface area contributed by atoms with E-state index in [1.807, 2.05) is 38.1 Å². The molecule has 1 atom stereocenters. The van der Waals surface area contributed by atoms with Crippen molar-refractivity contribution in [1.29, 1.82) is 0 Å². The number of aliphatic carboxylic acids is 1. The molecule has 1 unspecified atom stereocenters. The molecule has 0 radical (unpaired) electrons. The molecular weight excluding hydrogens is 190 g/mol. The van der Waals surface area contributed by atoms with Crippen molar-refractivity contribution < 1.29 is 9.90 Å². The molecule has 0 bridgehead atoms. The Morgan fingerprint density at radius 3 is 2.80 bits per heavy atom. The predicted molar refractivity (Wildman–Crippen MR) is 59.8 cm³/mol. The standard InChI is InChI=1S/C12H17NO2/c1-3-7-13-11(12(14)15)10-6-4-5-9(2)8-10/h4-6,8,11,13H,3,7H2,1-2H3,(H,14,15). The van der Waals surface area contributed by atoms with Gasteiger partial charge in [0, 0.05) is 0 Å². The van der Waals surface area contributed by atoms with E-state index in [4.69, 9.17) is 5.11 Å². The first-order valence-corrected chi connectivity index (χ1v) is 5.18. The van der Waals surface area contributed by atoms with Crippen LogP contribution in [0.3, 0.4) is 0 Å². The summed E-state index contributed by atoms with van der Waals surface area (Å²) in [4.78, 5) is 11.1. The molecule has 3 nitrogen and oxygen atoms in total. The summed E-state index contributed by atoms with van der Waals surface area (Å²) in [6.45, 7) is 4.69. The molecule has 82 valence electrons. The Kier molecular flexibility index (Phi) is 4.31. The molecule has 0 aliphatic heterocycles. The molecule has 0 spiro atoms. The number of carboxylic acids is 1. The van der Waals surface area contributed by atoms with Crippen LogP contribution in [-0.4, -0.2) is 17.6 Å². The minimum Gasteiger partial charge on any atom is -0.480 e. The monoisotopic (exact) mass is 207 g/mol. The fourth-order valence-electron chi connectivity index (χ4n) is 1.49. The number of nitrogens with one attached hydrogen (secondary N) is 1. The second kappa shape index (κ2) is 5.51. The van der Waals surface area contributed by atoms with Gasteiger partial charge >= 0.3 is 5.97 Å². The lowest BCUT2D eigenvalue weighted by Gasteiger charge is -2.14. The van der Waals surface area contributed by atoms with Crippen LogP contribution >= 0.6 is 0 Å². The van der Waals surface area contributed by atoms with Crippen molar-refractivity contribution in [1.82, 2.24) is 5.32 Å². The van der Waals surface area contributed by atoms with E-state index in [0.29, 0.717) is 6.54 Å². The first-order chi connectivity index (χ1) is 7.15. The zero-order chi connectivity index (χ0) is 11.3. The molecule has 0 fully saturated rings. The summed E-state index contributed by atoms with van der Waals surface area (Å²) in [6, 6.07) is 7.00. The predicted octanol–water partition coefficient (Wildman–Crippen LogP) is 2.12. The smallest absolute Gasteiger partial charge is 0.325 e. The van der Waals surface area contributed by atoms with Gasteiger partial charge in [-0.15, -0.1) is 0 Å². The van der Waals surface area contributed by atoms with Crippen LogP contribution in [0.2, 0.25) is 0 Å². The van der Waals surface area contributed by atoms with E-state index in [9.17, 15) is 4.79 Å². The highest BCUT2D eigenvalue weighted by atomic mass is 16.4. The van der Waals surface area contributed by atoms with Gasteiger partial charge in [0.1, 0.15) is 6.04 Å². The van der Waals surface area contributed by atoms with E-state index in [2.05, 4.69) is 5.32 Å². The first-order valence-electron chi connectivity index (χ1n) is 5.18. The van der Waals surface area contributed by atoms with Crippen molar-refractivity contribution in [2.75, 3.05) is 6.54 Å². The molecule has 1 aromatic carbocycles. The quantitative estimate of drug-likeness (QED) is 0.777. The van der Waals surface area contributed by atoms with Gasteiger partial charge in [-0.25, -0.2) is 0 Å². The molecule has 2 N–H and O–H groups in total. The minimum absolute atomic E-state index is 0.593. The Morgan fingerprint density at radius 1 is 1.53 bits per heavy atom. The molecular formula is C12H17NO2. The summed E-state index contributed by atoms with van der Waals surface area (Å²) in [5, 5.41) is 12.1. The van der Waals surface area contributed by atoms with Crippen molar-refractivity contribution in [3.63, 3.8) is 0 Å². The van der Waals surface area contributed by atoms with Crippen molar-refractivity contribution in [3.8, 4) is 0 Å². The summed E-state index contributed by atoms with van der Waals surface area (Å²) in [5.41, 5.74) is 1.90. The molecule has 0 saturated heterocycles. The number of benzene rings is 1. The van der Waals surface area contributed by atoms with Crippen LogP contribution in [0, 0.1) is 6.92 Å². The Morgan fingerprint density at radius 2 is 2.27 bits per heavy atom. The maximum Gasteiger partial charge on any atom is 0.325 e. The van der Waals surface area contributed by atoms with Crippen LogP contribution in [0.25, 0.3) is 0 Å². The van der Waals surface area contributed by atoms with Gasteiger partial charge in [0.25, 0.3) is 0 Å². The highest BCUT2D eigenvalue weighted by Crippen LogP contribution is 2.14. The second-order valence-corrected chi connectivity index (χ2v) is 3.64. The van der Waals surface area contributed by atoms with E-state index < -0.39 is 12.0 Å². The highest BCUT2D eigenvalue weighted by Gasteiger charge is 2.18. The normalized spacial score (nSPS) is 12.4. The van der Waals surface area contributed by atoms with Crippen LogP contribution in [0.15, 0.2) is 24.3 Å². The third kappa shape index (κ3) is 3.36. The van der Waals surface area contributed by atoms with Gasteiger partial charge in [0.2, 0.25) is 0 Å². The third-order valence-corrected chi connectivity index (χ3v) is 2.22. The van der Waals surface area contributed by atoms with E-state index in [1.165, 1.54) is 0 Å². The topological polar surface area (TPSA) is 49.3 Å². The fraction of sp³-hybridized carbons (Fsp3) is 0.417. The summed E-state index contributed by atoms with van der Waals surface area (Å²) < 4.78 is 0. The minimum atomic E-state index is -0.825. The van der Waals surface area contributed by atoms with E-state index in [-0.39, 0.29) is 0 Å². The van der Waals surface area contributed by atoms with Crippen molar-refractivity contribution >= 4 is 5.97 Å².